The molecule has 2 aromatic carbocycles. The first kappa shape index (κ1) is 26.3. The molecule has 0 saturated carbocycles. The van der Waals surface area contributed by atoms with E-state index in [1.165, 1.54) is 24.1 Å². The molecule has 0 fully saturated rings. The van der Waals surface area contributed by atoms with E-state index >= 15 is 0 Å². The summed E-state index contributed by atoms with van der Waals surface area (Å²) in [6, 6.07) is 11.2. The van der Waals surface area contributed by atoms with Gasteiger partial charge in [-0.2, -0.15) is 13.2 Å². The van der Waals surface area contributed by atoms with Crippen molar-refractivity contribution in [2.75, 3.05) is 31.7 Å². The highest BCUT2D eigenvalue weighted by molar-refractivity contribution is 6.30. The van der Waals surface area contributed by atoms with Gasteiger partial charge in [0, 0.05) is 30.2 Å². The molecule has 196 valence electrons. The largest absolute Gasteiger partial charge is 0.484 e. The molecule has 0 aliphatic carbocycles. The molecule has 0 unspecified atom stereocenters. The number of nitrogens with zero attached hydrogens (tertiary/aromatic N) is 4. The van der Waals surface area contributed by atoms with E-state index in [1.807, 2.05) is 0 Å². The smallest absolute Gasteiger partial charge is 0.416 e. The molecular formula is C25H24ClF3N4O4. The molecule has 0 N–H and O–H groups in total. The van der Waals surface area contributed by atoms with Crippen LogP contribution in [0.5, 0.6) is 5.75 Å². The van der Waals surface area contributed by atoms with Crippen molar-refractivity contribution in [1.82, 2.24) is 14.6 Å². The van der Waals surface area contributed by atoms with Crippen LogP contribution in [-0.4, -0.2) is 47.3 Å². The lowest BCUT2D eigenvalue weighted by Crippen LogP contribution is -2.44. The lowest BCUT2D eigenvalue weighted by molar-refractivity contribution is -0.137. The monoisotopic (exact) mass is 536 g/mol. The third kappa shape index (κ3) is 5.66. The number of rotatable bonds is 7. The number of hydrogen-bond acceptors (Lipinski definition) is 6. The van der Waals surface area contributed by atoms with Gasteiger partial charge in [-0.3, -0.25) is 9.59 Å². The molecule has 0 radical (unpaired) electrons. The minimum absolute atomic E-state index is 0.0278. The average molecular weight is 537 g/mol. The second kappa shape index (κ2) is 10.7. The Morgan fingerprint density at radius 2 is 1.81 bits per heavy atom. The van der Waals surface area contributed by atoms with E-state index in [0.29, 0.717) is 47.2 Å². The summed E-state index contributed by atoms with van der Waals surface area (Å²) in [7, 11) is 1.30. The zero-order valence-electron chi connectivity index (χ0n) is 20.1. The number of anilines is 2. The van der Waals surface area contributed by atoms with Gasteiger partial charge in [-0.25, -0.2) is 4.98 Å². The fraction of sp³-hybridized carbons (Fsp3) is 0.320. The van der Waals surface area contributed by atoms with Crippen molar-refractivity contribution >= 4 is 29.1 Å². The minimum atomic E-state index is -4.46. The second-order valence-corrected chi connectivity index (χ2v) is 8.65. The van der Waals surface area contributed by atoms with E-state index in [1.54, 1.807) is 36.1 Å². The highest BCUT2D eigenvalue weighted by atomic mass is 35.5. The van der Waals surface area contributed by atoms with Crippen molar-refractivity contribution in [3.05, 3.63) is 80.7 Å². The van der Waals surface area contributed by atoms with Gasteiger partial charge in [0.15, 0.2) is 6.61 Å². The summed E-state index contributed by atoms with van der Waals surface area (Å²) in [5.74, 6) is 0.332. The molecule has 0 saturated heterocycles. The Morgan fingerprint density at radius 1 is 1.14 bits per heavy atom. The number of aromatic nitrogens is 2. The van der Waals surface area contributed by atoms with Crippen molar-refractivity contribution in [3.8, 4) is 5.75 Å². The summed E-state index contributed by atoms with van der Waals surface area (Å²) < 4.78 is 45.5. The van der Waals surface area contributed by atoms with E-state index in [9.17, 15) is 22.8 Å². The Hall–Kier alpha value is -3.73. The molecule has 0 spiro atoms. The van der Waals surface area contributed by atoms with Crippen LogP contribution in [0.15, 0.2) is 53.3 Å². The summed E-state index contributed by atoms with van der Waals surface area (Å²) >= 11 is 5.86. The number of hydrogen-bond donors (Lipinski definition) is 0. The highest BCUT2D eigenvalue weighted by Crippen LogP contribution is 2.32. The van der Waals surface area contributed by atoms with Crippen LogP contribution in [-0.2, 0) is 23.9 Å². The van der Waals surface area contributed by atoms with Crippen molar-refractivity contribution < 1.29 is 27.5 Å². The van der Waals surface area contributed by atoms with Crippen LogP contribution in [0.2, 0.25) is 5.02 Å². The molecule has 37 heavy (non-hydrogen) atoms. The van der Waals surface area contributed by atoms with Gasteiger partial charge in [0.05, 0.1) is 23.4 Å². The molecule has 1 amide bonds. The van der Waals surface area contributed by atoms with Gasteiger partial charge in [0.1, 0.15) is 12.9 Å². The van der Waals surface area contributed by atoms with Gasteiger partial charge >= 0.3 is 6.18 Å². The fourth-order valence-electron chi connectivity index (χ4n) is 4.03. The average Bonchev–Trinajstić information content (AvgIpc) is 2.88. The number of carbonyl (C=O) groups is 1. The summed E-state index contributed by atoms with van der Waals surface area (Å²) in [6.07, 6.45) is -4.14. The Labute approximate surface area is 215 Å². The van der Waals surface area contributed by atoms with Gasteiger partial charge < -0.3 is 19.4 Å². The van der Waals surface area contributed by atoms with Crippen LogP contribution >= 0.6 is 11.6 Å². The van der Waals surface area contributed by atoms with E-state index in [4.69, 9.17) is 21.2 Å². The summed E-state index contributed by atoms with van der Waals surface area (Å²) in [6.45, 7) is 2.24. The van der Waals surface area contributed by atoms with E-state index in [-0.39, 0.29) is 25.0 Å². The molecule has 4 rings (SSSR count). The van der Waals surface area contributed by atoms with Crippen LogP contribution in [0.1, 0.15) is 23.7 Å². The van der Waals surface area contributed by atoms with Gasteiger partial charge in [-0.1, -0.05) is 11.6 Å². The normalized spacial score (nSPS) is 13.2. The first-order chi connectivity index (χ1) is 17.6. The molecule has 8 nitrogen and oxygen atoms in total. The van der Waals surface area contributed by atoms with Crippen molar-refractivity contribution in [1.29, 1.82) is 0 Å². The van der Waals surface area contributed by atoms with Crippen LogP contribution in [0, 0.1) is 0 Å². The van der Waals surface area contributed by atoms with Gasteiger partial charge in [0.25, 0.3) is 11.5 Å². The predicted molar refractivity (Wildman–Crippen MR) is 131 cm³/mol. The SMILES string of the molecule is CCN(c1ccc(C(F)(F)F)cc1)c1nc2c(c(=O)n1OC)CN(C(=O)COc1ccc(Cl)cc1)CC2. The maximum Gasteiger partial charge on any atom is 0.416 e. The number of alkyl halides is 3. The van der Waals surface area contributed by atoms with Crippen LogP contribution in [0.4, 0.5) is 24.8 Å². The van der Waals surface area contributed by atoms with Crippen molar-refractivity contribution in [2.24, 2.45) is 0 Å². The molecule has 0 atom stereocenters. The Morgan fingerprint density at radius 3 is 2.41 bits per heavy atom. The second-order valence-electron chi connectivity index (χ2n) is 8.22. The van der Waals surface area contributed by atoms with Crippen LogP contribution in [0.25, 0.3) is 0 Å². The molecule has 12 heteroatoms. The quantitative estimate of drug-likeness (QED) is 0.453. The minimum Gasteiger partial charge on any atom is -0.484 e. The molecule has 1 aliphatic heterocycles. The molecule has 2 heterocycles. The number of ether oxygens (including phenoxy) is 1. The molecule has 1 aromatic heterocycles. The number of benzene rings is 2. The van der Waals surface area contributed by atoms with Gasteiger partial charge in [-0.15, -0.1) is 4.73 Å². The third-order valence-electron chi connectivity index (χ3n) is 5.95. The number of amides is 1. The summed E-state index contributed by atoms with van der Waals surface area (Å²) in [5, 5.41) is 0.549. The van der Waals surface area contributed by atoms with E-state index in [2.05, 4.69) is 4.98 Å². The van der Waals surface area contributed by atoms with E-state index in [0.717, 1.165) is 16.9 Å². The topological polar surface area (TPSA) is 76.9 Å². The Balaban J connectivity index is 1.57. The summed E-state index contributed by atoms with van der Waals surface area (Å²) in [4.78, 5) is 39.1. The first-order valence-electron chi connectivity index (χ1n) is 11.4. The maximum atomic E-state index is 13.3. The maximum absolute atomic E-state index is 13.3. The van der Waals surface area contributed by atoms with E-state index < -0.39 is 17.3 Å². The van der Waals surface area contributed by atoms with Crippen molar-refractivity contribution in [2.45, 2.75) is 26.1 Å². The van der Waals surface area contributed by atoms with Crippen LogP contribution in [0.3, 0.4) is 0 Å². The molecule has 3 aromatic rings. The Bertz CT molecular complexity index is 1330. The van der Waals surface area contributed by atoms with Crippen LogP contribution < -0.4 is 20.0 Å². The lowest BCUT2D eigenvalue weighted by Gasteiger charge is -2.30. The fourth-order valence-corrected chi connectivity index (χ4v) is 4.16. The number of halogens is 4. The van der Waals surface area contributed by atoms with Gasteiger partial charge in [0.2, 0.25) is 5.95 Å². The van der Waals surface area contributed by atoms with Crippen molar-refractivity contribution in [3.63, 3.8) is 0 Å². The predicted octanol–water partition coefficient (Wildman–Crippen LogP) is 4.10. The lowest BCUT2D eigenvalue weighted by atomic mass is 10.1. The summed E-state index contributed by atoms with van der Waals surface area (Å²) in [5.41, 5.74) is -0.0507. The highest BCUT2D eigenvalue weighted by Gasteiger charge is 2.31. The zero-order valence-corrected chi connectivity index (χ0v) is 20.8. The first-order valence-corrected chi connectivity index (χ1v) is 11.8. The zero-order chi connectivity index (χ0) is 26.7. The third-order valence-corrected chi connectivity index (χ3v) is 6.20. The number of carbonyl (C=O) groups excluding carboxylic acids is 1. The number of fused-ring (bicyclic) bond motifs is 1. The molecular weight excluding hydrogens is 513 g/mol. The molecule has 1 aliphatic rings. The standard InChI is InChI=1S/C25H24ClF3N4O4/c1-3-32(18-8-4-16(5-9-18)25(27,28)29)24-30-21-12-13-31(14-20(21)23(35)33(24)36-2)22(34)15-37-19-10-6-17(26)7-11-19/h4-11H,3,12-15H2,1-2H3. The Kier molecular flexibility index (Phi) is 7.63. The molecule has 0 bridgehead atoms. The van der Waals surface area contributed by atoms with Gasteiger partial charge in [-0.05, 0) is 55.5 Å².